The molecular formula is C26H32Cl2F3N3O3S. The second kappa shape index (κ2) is 12.6. The molecule has 2 aromatic carbocycles. The van der Waals surface area contributed by atoms with E-state index >= 15 is 0 Å². The van der Waals surface area contributed by atoms with Crippen LogP contribution in [0.15, 0.2) is 48.5 Å². The molecule has 1 aliphatic heterocycles. The van der Waals surface area contributed by atoms with E-state index in [0.29, 0.717) is 25.2 Å². The third kappa shape index (κ3) is 8.32. The quantitative estimate of drug-likeness (QED) is 0.400. The fourth-order valence-electron chi connectivity index (χ4n) is 4.53. The molecule has 1 fully saturated rings. The number of benzene rings is 2. The minimum Gasteiger partial charge on any atom is -0.340 e. The Balaban J connectivity index is 1.78. The topological polar surface area (TPSA) is 78.5 Å². The summed E-state index contributed by atoms with van der Waals surface area (Å²) in [5.74, 6) is -0.860. The third-order valence-corrected chi connectivity index (χ3v) is 8.37. The van der Waals surface area contributed by atoms with Gasteiger partial charge < -0.3 is 15.5 Å². The van der Waals surface area contributed by atoms with Gasteiger partial charge in [0.2, 0.25) is 5.91 Å². The van der Waals surface area contributed by atoms with Crippen molar-refractivity contribution in [1.82, 2.24) is 15.5 Å². The molecule has 1 aliphatic rings. The Morgan fingerprint density at radius 1 is 1.08 bits per heavy atom. The maximum absolute atomic E-state index is 14.0. The first-order valence-corrected chi connectivity index (χ1v) is 15.0. The van der Waals surface area contributed by atoms with Gasteiger partial charge in [0, 0.05) is 12.3 Å². The van der Waals surface area contributed by atoms with Crippen LogP contribution >= 0.6 is 23.2 Å². The molecule has 0 radical (unpaired) electrons. The lowest BCUT2D eigenvalue weighted by atomic mass is 9.78. The highest BCUT2D eigenvalue weighted by molar-refractivity contribution is 7.90. The van der Waals surface area contributed by atoms with Crippen LogP contribution in [0.1, 0.15) is 43.4 Å². The summed E-state index contributed by atoms with van der Waals surface area (Å²) in [6, 6.07) is 9.81. The molecule has 0 aromatic heterocycles. The largest absolute Gasteiger partial charge is 0.412 e. The Labute approximate surface area is 231 Å². The van der Waals surface area contributed by atoms with Crippen molar-refractivity contribution in [3.05, 3.63) is 69.7 Å². The SMILES string of the molecule is CC(CCN1CCC(NCS(C)(=O)=O)CC1)(C(=O)NC(c1ccccc1)C(F)(F)F)c1ccc(Cl)c(Cl)c1. The highest BCUT2D eigenvalue weighted by atomic mass is 35.5. The monoisotopic (exact) mass is 593 g/mol. The van der Waals surface area contributed by atoms with Crippen molar-refractivity contribution < 1.29 is 26.4 Å². The van der Waals surface area contributed by atoms with Crippen LogP contribution in [0.5, 0.6) is 0 Å². The summed E-state index contributed by atoms with van der Waals surface area (Å²) in [6.45, 7) is 3.39. The molecule has 6 nitrogen and oxygen atoms in total. The van der Waals surface area contributed by atoms with Crippen molar-refractivity contribution in [3.8, 4) is 0 Å². The van der Waals surface area contributed by atoms with E-state index in [-0.39, 0.29) is 33.9 Å². The summed E-state index contributed by atoms with van der Waals surface area (Å²) in [5.41, 5.74) is -0.936. The second-order valence-corrected chi connectivity index (χ2v) is 12.9. The zero-order valence-corrected chi connectivity index (χ0v) is 23.5. The molecule has 0 aliphatic carbocycles. The van der Waals surface area contributed by atoms with E-state index in [1.54, 1.807) is 19.1 Å². The lowest BCUT2D eigenvalue weighted by Gasteiger charge is -2.36. The van der Waals surface area contributed by atoms with Gasteiger partial charge in [0.05, 0.1) is 21.3 Å². The maximum Gasteiger partial charge on any atom is 0.412 e. The number of nitrogens with zero attached hydrogens (tertiary/aromatic N) is 1. The van der Waals surface area contributed by atoms with Crippen LogP contribution in [0.4, 0.5) is 13.2 Å². The number of hydrogen-bond acceptors (Lipinski definition) is 5. The van der Waals surface area contributed by atoms with Gasteiger partial charge in [-0.25, -0.2) is 8.42 Å². The van der Waals surface area contributed by atoms with E-state index in [0.717, 1.165) is 12.8 Å². The first-order valence-electron chi connectivity index (χ1n) is 12.2. The van der Waals surface area contributed by atoms with Crippen molar-refractivity contribution in [2.45, 2.75) is 49.9 Å². The molecule has 210 valence electrons. The van der Waals surface area contributed by atoms with E-state index in [9.17, 15) is 26.4 Å². The van der Waals surface area contributed by atoms with Crippen molar-refractivity contribution in [3.63, 3.8) is 0 Å². The summed E-state index contributed by atoms with van der Waals surface area (Å²) in [5, 5.41) is 5.78. The summed E-state index contributed by atoms with van der Waals surface area (Å²) in [6.07, 6.45) is -1.86. The maximum atomic E-state index is 14.0. The van der Waals surface area contributed by atoms with Crippen molar-refractivity contribution in [1.29, 1.82) is 0 Å². The van der Waals surface area contributed by atoms with E-state index in [4.69, 9.17) is 23.2 Å². The number of halogens is 5. The van der Waals surface area contributed by atoms with E-state index in [1.165, 1.54) is 42.7 Å². The van der Waals surface area contributed by atoms with E-state index in [1.807, 2.05) is 0 Å². The third-order valence-electron chi connectivity index (χ3n) is 6.94. The minimum absolute atomic E-state index is 0.0594. The summed E-state index contributed by atoms with van der Waals surface area (Å²) in [4.78, 5) is 15.7. The number of carbonyl (C=O) groups is 1. The minimum atomic E-state index is -4.70. The van der Waals surface area contributed by atoms with Crippen LogP contribution in [0.3, 0.4) is 0 Å². The zero-order chi connectivity index (χ0) is 28.1. The molecule has 1 saturated heterocycles. The van der Waals surface area contributed by atoms with Crippen molar-refractivity contribution in [2.75, 3.05) is 31.8 Å². The van der Waals surface area contributed by atoms with Gasteiger partial charge in [-0.1, -0.05) is 59.6 Å². The van der Waals surface area contributed by atoms with Gasteiger partial charge in [0.15, 0.2) is 15.9 Å². The number of likely N-dealkylation sites (tertiary alicyclic amines) is 1. The number of nitrogens with one attached hydrogen (secondary N) is 2. The molecule has 0 saturated carbocycles. The van der Waals surface area contributed by atoms with Gasteiger partial charge in [-0.2, -0.15) is 13.2 Å². The molecule has 1 amide bonds. The van der Waals surface area contributed by atoms with Gasteiger partial charge in [0.25, 0.3) is 0 Å². The van der Waals surface area contributed by atoms with E-state index in [2.05, 4.69) is 15.5 Å². The summed E-state index contributed by atoms with van der Waals surface area (Å²) in [7, 11) is -3.12. The van der Waals surface area contributed by atoms with Crippen LogP contribution in [0, 0.1) is 0 Å². The lowest BCUT2D eigenvalue weighted by Crippen LogP contribution is -2.49. The van der Waals surface area contributed by atoms with E-state index < -0.39 is 33.4 Å². The Morgan fingerprint density at radius 2 is 1.71 bits per heavy atom. The Hall–Kier alpha value is -1.85. The number of carbonyl (C=O) groups excluding carboxylic acids is 1. The number of amides is 1. The fraction of sp³-hybridized carbons (Fsp3) is 0.500. The van der Waals surface area contributed by atoms with Crippen LogP contribution in [0.25, 0.3) is 0 Å². The second-order valence-electron chi connectivity index (χ2n) is 9.96. The van der Waals surface area contributed by atoms with Gasteiger partial charge in [-0.05, 0) is 69.1 Å². The highest BCUT2D eigenvalue weighted by Gasteiger charge is 2.45. The summed E-state index contributed by atoms with van der Waals surface area (Å²) < 4.78 is 64.9. The molecule has 2 aromatic rings. The Morgan fingerprint density at radius 3 is 2.26 bits per heavy atom. The molecule has 2 N–H and O–H groups in total. The van der Waals surface area contributed by atoms with Crippen LogP contribution < -0.4 is 10.6 Å². The molecule has 0 spiro atoms. The van der Waals surface area contributed by atoms with Gasteiger partial charge in [-0.15, -0.1) is 0 Å². The average molecular weight is 595 g/mol. The molecule has 1 heterocycles. The average Bonchev–Trinajstić information content (AvgIpc) is 2.86. The van der Waals surface area contributed by atoms with Crippen LogP contribution in [-0.2, 0) is 20.0 Å². The number of piperidine rings is 1. The van der Waals surface area contributed by atoms with Crippen molar-refractivity contribution >= 4 is 38.9 Å². The first kappa shape index (κ1) is 30.7. The normalized spacial score (nSPS) is 18.1. The fourth-order valence-corrected chi connectivity index (χ4v) is 5.37. The predicted octanol–water partition coefficient (Wildman–Crippen LogP) is 5.12. The molecule has 2 atom stereocenters. The number of alkyl halides is 3. The van der Waals surface area contributed by atoms with Gasteiger partial charge >= 0.3 is 6.18 Å². The molecular weight excluding hydrogens is 562 g/mol. The molecule has 2 unspecified atom stereocenters. The zero-order valence-electron chi connectivity index (χ0n) is 21.2. The first-order chi connectivity index (χ1) is 17.7. The number of sulfone groups is 1. The Bertz CT molecular complexity index is 1210. The van der Waals surface area contributed by atoms with Crippen molar-refractivity contribution in [2.24, 2.45) is 0 Å². The number of rotatable bonds is 10. The Kier molecular flexibility index (Phi) is 10.1. The smallest absolute Gasteiger partial charge is 0.340 e. The highest BCUT2D eigenvalue weighted by Crippen LogP contribution is 2.37. The van der Waals surface area contributed by atoms with Gasteiger partial charge in [0.1, 0.15) is 0 Å². The van der Waals surface area contributed by atoms with Gasteiger partial charge in [-0.3, -0.25) is 4.79 Å². The van der Waals surface area contributed by atoms with Crippen LogP contribution in [-0.4, -0.2) is 63.2 Å². The lowest BCUT2D eigenvalue weighted by molar-refractivity contribution is -0.165. The molecule has 3 rings (SSSR count). The summed E-state index contributed by atoms with van der Waals surface area (Å²) >= 11 is 12.3. The molecule has 38 heavy (non-hydrogen) atoms. The standard InChI is InChI=1S/C26H32Cl2F3N3O3S/c1-25(19-8-9-21(27)22(28)16-19,12-15-34-13-10-20(11-14-34)32-17-38(2,36)37)24(35)33-23(26(29,30)31)18-6-4-3-5-7-18/h3-9,16,20,23,32H,10-15,17H2,1-2H3,(H,33,35). The molecule has 12 heteroatoms. The molecule has 0 bridgehead atoms. The van der Waals surface area contributed by atoms with Crippen LogP contribution in [0.2, 0.25) is 10.0 Å². The predicted molar refractivity (Wildman–Crippen MR) is 144 cm³/mol. The number of hydrogen-bond donors (Lipinski definition) is 2.